The van der Waals surface area contributed by atoms with E-state index in [9.17, 15) is 5.11 Å². The van der Waals surface area contributed by atoms with Crippen molar-refractivity contribution in [3.8, 4) is 0 Å². The molecule has 4 unspecified atom stereocenters. The summed E-state index contributed by atoms with van der Waals surface area (Å²) in [6, 6.07) is 0. The largest absolute Gasteiger partial charge is 0.389 e. The Balaban J connectivity index is 2.35. The van der Waals surface area contributed by atoms with Crippen LogP contribution < -0.4 is 0 Å². The number of hydrogen-bond acceptors (Lipinski definition) is 2. The van der Waals surface area contributed by atoms with Gasteiger partial charge >= 0.3 is 0 Å². The second-order valence-electron chi connectivity index (χ2n) is 2.34. The summed E-state index contributed by atoms with van der Waals surface area (Å²) in [5, 5.41) is 18.3. The maximum atomic E-state index is 9.22. The van der Waals surface area contributed by atoms with Crippen LogP contribution in [0.3, 0.4) is 0 Å². The van der Waals surface area contributed by atoms with Gasteiger partial charge in [-0.2, -0.15) is 0 Å². The number of hydrogen-bond donors (Lipinski definition) is 2. The molecule has 0 spiro atoms. The molecule has 4 atom stereocenters. The standard InChI is InChI=1S/C5H12O2P2/c1-9-3-4(6)8-2-5(9)7/h4-8H,2-3H2,1H3. The predicted molar refractivity (Wildman–Crippen MR) is 42.9 cm³/mol. The molecular weight excluding hydrogens is 154 g/mol. The molecule has 0 aromatic rings. The molecule has 1 fully saturated rings. The van der Waals surface area contributed by atoms with E-state index in [2.05, 4.69) is 0 Å². The Kier molecular flexibility index (Phi) is 2.85. The number of aliphatic hydroxyl groups is 2. The fourth-order valence-corrected chi connectivity index (χ4v) is 5.07. The third-order valence-electron chi connectivity index (χ3n) is 1.51. The van der Waals surface area contributed by atoms with Gasteiger partial charge in [0.15, 0.2) is 0 Å². The molecule has 0 amide bonds. The third kappa shape index (κ3) is 2.13. The van der Waals surface area contributed by atoms with E-state index in [1.165, 1.54) is 0 Å². The average Bonchev–Trinajstić information content (AvgIpc) is 1.80. The van der Waals surface area contributed by atoms with Crippen molar-refractivity contribution in [2.24, 2.45) is 0 Å². The summed E-state index contributed by atoms with van der Waals surface area (Å²) < 4.78 is 0. The van der Waals surface area contributed by atoms with Gasteiger partial charge in [-0.25, -0.2) is 0 Å². The third-order valence-corrected chi connectivity index (χ3v) is 5.61. The molecule has 9 heavy (non-hydrogen) atoms. The minimum Gasteiger partial charge on any atom is -0.389 e. The Bertz CT molecular complexity index is 99.0. The Labute approximate surface area is 58.2 Å². The summed E-state index contributed by atoms with van der Waals surface area (Å²) in [6.07, 6.45) is 1.66. The molecule has 2 nitrogen and oxygen atoms in total. The van der Waals surface area contributed by atoms with E-state index in [0.29, 0.717) is 8.58 Å². The molecular formula is C5H12O2P2. The zero-order valence-electron chi connectivity index (χ0n) is 5.41. The highest BCUT2D eigenvalue weighted by molar-refractivity contribution is 7.60. The number of aliphatic hydroxyl groups excluding tert-OH is 2. The summed E-state index contributed by atoms with van der Waals surface area (Å²) in [7, 11) is 0.284. The first-order valence-electron chi connectivity index (χ1n) is 3.00. The molecule has 0 aliphatic carbocycles. The Hall–Kier alpha value is 0.780. The van der Waals surface area contributed by atoms with E-state index >= 15 is 0 Å². The second-order valence-corrected chi connectivity index (χ2v) is 6.30. The molecule has 1 aliphatic heterocycles. The topological polar surface area (TPSA) is 40.5 Å². The van der Waals surface area contributed by atoms with Crippen LogP contribution in [0.15, 0.2) is 0 Å². The summed E-state index contributed by atoms with van der Waals surface area (Å²) in [6.45, 7) is 2.05. The first-order chi connectivity index (χ1) is 4.20. The van der Waals surface area contributed by atoms with Crippen LogP contribution in [0, 0.1) is 0 Å². The molecule has 0 bridgehead atoms. The van der Waals surface area contributed by atoms with Gasteiger partial charge in [0, 0.05) is 0 Å². The highest BCUT2D eigenvalue weighted by Gasteiger charge is 2.23. The molecule has 1 aliphatic rings. The zero-order valence-corrected chi connectivity index (χ0v) is 7.30. The first-order valence-corrected chi connectivity index (χ1v) is 6.32. The van der Waals surface area contributed by atoms with Crippen molar-refractivity contribution in [3.05, 3.63) is 0 Å². The van der Waals surface area contributed by atoms with Gasteiger partial charge in [0.25, 0.3) is 0 Å². The number of rotatable bonds is 0. The van der Waals surface area contributed by atoms with Gasteiger partial charge in [-0.1, -0.05) is 16.5 Å². The van der Waals surface area contributed by atoms with E-state index in [0.717, 1.165) is 12.3 Å². The fourth-order valence-electron chi connectivity index (χ4n) is 0.856. The Morgan fingerprint density at radius 1 is 1.56 bits per heavy atom. The smallest absolute Gasteiger partial charge is 0.0766 e. The highest BCUT2D eigenvalue weighted by atomic mass is 31.1. The van der Waals surface area contributed by atoms with Crippen LogP contribution in [0.25, 0.3) is 0 Å². The first kappa shape index (κ1) is 7.88. The quantitative estimate of drug-likeness (QED) is 0.512. The summed E-state index contributed by atoms with van der Waals surface area (Å²) in [5.41, 5.74) is 0. The van der Waals surface area contributed by atoms with Gasteiger partial charge in [-0.15, -0.1) is 0 Å². The van der Waals surface area contributed by atoms with E-state index in [1.54, 1.807) is 0 Å². The average molecular weight is 166 g/mol. The minimum absolute atomic E-state index is 0.0956. The van der Waals surface area contributed by atoms with Crippen LogP contribution in [0.4, 0.5) is 0 Å². The van der Waals surface area contributed by atoms with Crippen LogP contribution in [0.5, 0.6) is 0 Å². The lowest BCUT2D eigenvalue weighted by atomic mass is 10.8. The summed E-state index contributed by atoms with van der Waals surface area (Å²) >= 11 is 0. The van der Waals surface area contributed by atoms with Crippen molar-refractivity contribution in [1.82, 2.24) is 0 Å². The molecule has 0 saturated carbocycles. The van der Waals surface area contributed by atoms with Crippen LogP contribution in [-0.2, 0) is 0 Å². The summed E-state index contributed by atoms with van der Waals surface area (Å²) in [4.78, 5) is 0. The van der Waals surface area contributed by atoms with Gasteiger partial charge in [-0.3, -0.25) is 0 Å². The fraction of sp³-hybridized carbons (Fsp3) is 1.00. The van der Waals surface area contributed by atoms with E-state index in [1.807, 2.05) is 6.66 Å². The van der Waals surface area contributed by atoms with Crippen molar-refractivity contribution in [1.29, 1.82) is 0 Å². The van der Waals surface area contributed by atoms with Gasteiger partial charge in [0.1, 0.15) is 0 Å². The predicted octanol–water partition coefficient (Wildman–Crippen LogP) is 0.427. The van der Waals surface area contributed by atoms with Crippen molar-refractivity contribution in [2.45, 2.75) is 11.7 Å². The molecule has 0 aromatic heterocycles. The minimum atomic E-state index is -0.280. The van der Waals surface area contributed by atoms with E-state index in [-0.39, 0.29) is 19.6 Å². The lowest BCUT2D eigenvalue weighted by Gasteiger charge is -2.28. The van der Waals surface area contributed by atoms with E-state index in [4.69, 9.17) is 5.11 Å². The van der Waals surface area contributed by atoms with Crippen LogP contribution in [0.1, 0.15) is 0 Å². The monoisotopic (exact) mass is 166 g/mol. The SMILES string of the molecule is CP1CC(O)PCC1O. The zero-order chi connectivity index (χ0) is 6.85. The molecule has 54 valence electrons. The van der Waals surface area contributed by atoms with Crippen LogP contribution in [-0.4, -0.2) is 40.9 Å². The molecule has 1 saturated heterocycles. The Morgan fingerprint density at radius 2 is 2.22 bits per heavy atom. The lowest BCUT2D eigenvalue weighted by Crippen LogP contribution is -2.21. The molecule has 1 heterocycles. The molecule has 1 rings (SSSR count). The van der Waals surface area contributed by atoms with Gasteiger partial charge < -0.3 is 10.2 Å². The van der Waals surface area contributed by atoms with Gasteiger partial charge in [-0.05, 0) is 19.0 Å². The molecule has 0 aromatic carbocycles. The summed E-state index contributed by atoms with van der Waals surface area (Å²) in [5.74, 6) is -0.203. The van der Waals surface area contributed by atoms with Gasteiger partial charge in [0.05, 0.1) is 11.7 Å². The van der Waals surface area contributed by atoms with Crippen molar-refractivity contribution < 1.29 is 10.2 Å². The van der Waals surface area contributed by atoms with Crippen LogP contribution >= 0.6 is 16.5 Å². The van der Waals surface area contributed by atoms with E-state index < -0.39 is 0 Å². The van der Waals surface area contributed by atoms with Crippen molar-refractivity contribution in [3.63, 3.8) is 0 Å². The maximum Gasteiger partial charge on any atom is 0.0766 e. The van der Waals surface area contributed by atoms with Crippen molar-refractivity contribution >= 4 is 16.5 Å². The lowest BCUT2D eigenvalue weighted by molar-refractivity contribution is 0.254. The van der Waals surface area contributed by atoms with Crippen molar-refractivity contribution in [2.75, 3.05) is 19.0 Å². The highest BCUT2D eigenvalue weighted by Crippen LogP contribution is 2.46. The molecule has 4 heteroatoms. The van der Waals surface area contributed by atoms with Gasteiger partial charge in [0.2, 0.25) is 0 Å². The second kappa shape index (κ2) is 3.25. The maximum absolute atomic E-state index is 9.22. The van der Waals surface area contributed by atoms with Crippen LogP contribution in [0.2, 0.25) is 0 Å². The molecule has 2 N–H and O–H groups in total. The normalized spacial score (nSPS) is 47.7. The Morgan fingerprint density at radius 3 is 2.67 bits per heavy atom. The molecule has 0 radical (unpaired) electrons.